The Morgan fingerprint density at radius 1 is 0.561 bits per heavy atom. The lowest BCUT2D eigenvalue weighted by Crippen LogP contribution is -2.46. The maximum absolute atomic E-state index is 15.2. The second-order valence-electron chi connectivity index (χ2n) is 14.9. The molecule has 0 spiro atoms. The van der Waals surface area contributed by atoms with Gasteiger partial charge in [-0.15, -0.1) is 34.0 Å². The highest BCUT2D eigenvalue weighted by molar-refractivity contribution is 7.40. The summed E-state index contributed by atoms with van der Waals surface area (Å²) in [6.45, 7) is -0.464. The van der Waals surface area contributed by atoms with Crippen LogP contribution in [0.3, 0.4) is 0 Å². The van der Waals surface area contributed by atoms with Crippen molar-refractivity contribution in [2.45, 2.75) is 18.6 Å². The number of ether oxygens (including phenoxy) is 2. The number of ketones is 2. The molecule has 0 saturated carbocycles. The van der Waals surface area contributed by atoms with Crippen LogP contribution in [0.15, 0.2) is 142 Å². The molecule has 0 unspecified atom stereocenters. The van der Waals surface area contributed by atoms with Gasteiger partial charge in [-0.3, -0.25) is 19.2 Å². The second-order valence-corrected chi connectivity index (χ2v) is 18.0. The van der Waals surface area contributed by atoms with E-state index >= 15 is 9.59 Å². The Hall–Kier alpha value is -8.70. The number of Topliss-reactive ketones (excluding diaryl/α,β-unsaturated/α-hetero) is 2. The van der Waals surface area contributed by atoms with Gasteiger partial charge in [0.15, 0.2) is 0 Å². The van der Waals surface area contributed by atoms with E-state index in [9.17, 15) is 30.6 Å². The number of nitrogens with zero attached hydrogens (tertiary/aromatic N) is 6. The number of aliphatic imine (C=N–C) groups is 2. The van der Waals surface area contributed by atoms with Crippen molar-refractivity contribution in [2.24, 2.45) is 9.98 Å². The summed E-state index contributed by atoms with van der Waals surface area (Å²) in [5, 5.41) is 40.3. The third-order valence-corrected chi connectivity index (χ3v) is 15.0. The molecule has 3 aliphatic rings. The van der Waals surface area contributed by atoms with E-state index in [1.165, 1.54) is 40.1 Å². The first-order valence-electron chi connectivity index (χ1n) is 19.9. The highest BCUT2D eigenvalue weighted by Crippen LogP contribution is 2.57. The topological polar surface area (TPSA) is 207 Å². The first-order chi connectivity index (χ1) is 32.2. The number of allylic oxidation sites excluding steroid dienone is 4. The van der Waals surface area contributed by atoms with Gasteiger partial charge in [0.2, 0.25) is 17.0 Å². The van der Waals surface area contributed by atoms with E-state index < -0.39 is 28.9 Å². The largest absolute Gasteiger partial charge is 0.459 e. The molecule has 0 bridgehead atoms. The highest BCUT2D eigenvalue weighted by atomic mass is 32.1. The predicted molar refractivity (Wildman–Crippen MR) is 250 cm³/mol. The first-order valence-corrected chi connectivity index (χ1v) is 22.4. The van der Waals surface area contributed by atoms with Crippen molar-refractivity contribution in [2.75, 3.05) is 0 Å². The van der Waals surface area contributed by atoms with Crippen molar-refractivity contribution in [1.82, 2.24) is 0 Å². The van der Waals surface area contributed by atoms with Crippen molar-refractivity contribution in [3.8, 4) is 24.3 Å². The van der Waals surface area contributed by atoms with E-state index in [2.05, 4.69) is 0 Å². The van der Waals surface area contributed by atoms with Crippen molar-refractivity contribution in [3.63, 3.8) is 0 Å². The molecule has 0 saturated heterocycles. The first kappa shape index (κ1) is 41.3. The quantitative estimate of drug-likeness (QED) is 0.0801. The molecule has 0 amide bonds. The molecule has 3 aliphatic carbocycles. The van der Waals surface area contributed by atoms with Gasteiger partial charge >= 0.3 is 11.9 Å². The van der Waals surface area contributed by atoms with Gasteiger partial charge in [-0.1, -0.05) is 109 Å². The summed E-state index contributed by atoms with van der Waals surface area (Å²) >= 11 is 3.77. The smallest absolute Gasteiger partial charge is 0.334 e. The van der Waals surface area contributed by atoms with Gasteiger partial charge in [-0.25, -0.2) is 9.98 Å². The van der Waals surface area contributed by atoms with Crippen LogP contribution in [0.2, 0.25) is 0 Å². The maximum atomic E-state index is 15.2. The van der Waals surface area contributed by atoms with E-state index in [1.807, 2.05) is 36.4 Å². The van der Waals surface area contributed by atoms with Crippen LogP contribution >= 0.6 is 34.0 Å². The number of benzene rings is 4. The number of esters is 2. The fraction of sp³-hybridized carbons (Fsp3) is 0.0588. The van der Waals surface area contributed by atoms with Crippen LogP contribution in [0.4, 0.5) is 5.00 Å². The van der Waals surface area contributed by atoms with E-state index in [0.717, 1.165) is 4.70 Å². The lowest BCUT2D eigenvalue weighted by atomic mass is 9.81. The van der Waals surface area contributed by atoms with Crippen LogP contribution in [0.5, 0.6) is 0 Å². The normalized spacial score (nSPS) is 15.4. The Morgan fingerprint density at radius 2 is 1.03 bits per heavy atom. The second kappa shape index (κ2) is 16.5. The fourth-order valence-electron chi connectivity index (χ4n) is 8.29. The van der Waals surface area contributed by atoms with Crippen LogP contribution in [-0.4, -0.2) is 34.9 Å². The molecule has 12 nitrogen and oxygen atoms in total. The average Bonchev–Trinajstić information content (AvgIpc) is 4.17. The lowest BCUT2D eigenvalue weighted by molar-refractivity contribution is -0.164. The van der Waals surface area contributed by atoms with Gasteiger partial charge in [-0.05, 0) is 34.4 Å². The summed E-state index contributed by atoms with van der Waals surface area (Å²) in [5.74, 6) is -3.09. The monoisotopic (exact) mass is 912 g/mol. The molecule has 3 aromatic heterocycles. The molecule has 10 rings (SSSR count). The number of thiophene rings is 3. The molecule has 4 aromatic carbocycles. The molecule has 15 heteroatoms. The molecule has 0 N–H and O–H groups in total. The van der Waals surface area contributed by atoms with Crippen LogP contribution in [0.25, 0.3) is 36.0 Å². The zero-order valence-electron chi connectivity index (χ0n) is 33.8. The fourth-order valence-corrected chi connectivity index (χ4v) is 12.5. The summed E-state index contributed by atoms with van der Waals surface area (Å²) < 4.78 is 14.8. The van der Waals surface area contributed by atoms with Crippen LogP contribution in [0, 0.1) is 45.3 Å². The van der Waals surface area contributed by atoms with Crippen molar-refractivity contribution >= 4 is 110 Å². The standard InChI is InChI=1S/C51H24N6O6S3/c52-21-29(22-53)39-31-15-7-9-17-33(31)44(58)42(39)56-37-19-35-41(51(37,49(60)62-25-27-11-3-1-4-12-27)50(61)63-26-28-13-5-2-6-14-28)47-48(64-35)46-36(65-47)20-38(66-46)57-43-40(30(23-54)24-55)32-16-8-10-18-34(32)45(43)59/h1-20H,25-26H2. The number of hydrogen-bond acceptors (Lipinski definition) is 15. The summed E-state index contributed by atoms with van der Waals surface area (Å²) in [4.78, 5) is 68.4. The Bertz CT molecular complexity index is 3580. The number of nitriles is 4. The van der Waals surface area contributed by atoms with Crippen molar-refractivity contribution in [3.05, 3.63) is 176 Å². The molecule has 0 radical (unpaired) electrons. The summed E-state index contributed by atoms with van der Waals surface area (Å²) in [5.41, 5.74) is -0.699. The number of fused-ring (bicyclic) bond motifs is 7. The van der Waals surface area contributed by atoms with Gasteiger partial charge in [0.1, 0.15) is 65.1 Å². The lowest BCUT2D eigenvalue weighted by Gasteiger charge is -2.27. The SMILES string of the molecule is N#CC(C#N)=C1C(=NC2=Cc3sc4c(sc5cc(N=C6C(=O)c7ccccc7C6=C(C#N)C#N)sc54)c3C2(C(=O)OCc2ccccc2)C(=O)OCc2ccccc2)C(=O)c2ccccc21. The molecule has 0 fully saturated rings. The third-order valence-electron chi connectivity index (χ3n) is 11.2. The molecular formula is C51H24N6O6S3. The minimum Gasteiger partial charge on any atom is -0.459 e. The van der Waals surface area contributed by atoms with E-state index in [0.29, 0.717) is 51.8 Å². The maximum Gasteiger partial charge on any atom is 0.334 e. The van der Waals surface area contributed by atoms with Crippen molar-refractivity contribution < 1.29 is 28.7 Å². The van der Waals surface area contributed by atoms with Crippen LogP contribution in [0.1, 0.15) is 53.4 Å². The van der Waals surface area contributed by atoms with Gasteiger partial charge in [-0.2, -0.15) is 21.0 Å². The number of rotatable bonds is 8. The van der Waals surface area contributed by atoms with Crippen molar-refractivity contribution in [1.29, 1.82) is 21.0 Å². The minimum atomic E-state index is -2.42. The molecule has 312 valence electrons. The Balaban J connectivity index is 1.18. The Labute approximate surface area is 386 Å². The molecule has 3 heterocycles. The minimum absolute atomic E-state index is 0.0320. The van der Waals surface area contributed by atoms with Gasteiger partial charge in [0, 0.05) is 37.4 Å². The number of carbonyl (C=O) groups excluding carboxylic acids is 4. The van der Waals surface area contributed by atoms with Gasteiger partial charge < -0.3 is 9.47 Å². The Kier molecular flexibility index (Phi) is 10.3. The van der Waals surface area contributed by atoms with E-state index in [4.69, 9.17) is 19.5 Å². The van der Waals surface area contributed by atoms with Gasteiger partial charge in [0.05, 0.1) is 19.8 Å². The molecule has 0 aliphatic heterocycles. The van der Waals surface area contributed by atoms with E-state index in [-0.39, 0.29) is 63.8 Å². The average molecular weight is 913 g/mol. The Morgan fingerprint density at radius 3 is 1.53 bits per heavy atom. The van der Waals surface area contributed by atoms with Crippen LogP contribution in [-0.2, 0) is 37.7 Å². The predicted octanol–water partition coefficient (Wildman–Crippen LogP) is 10.2. The molecule has 7 aromatic rings. The summed E-state index contributed by atoms with van der Waals surface area (Å²) in [7, 11) is 0. The zero-order chi connectivity index (χ0) is 45.7. The third kappa shape index (κ3) is 6.43. The van der Waals surface area contributed by atoms with Crippen LogP contribution < -0.4 is 0 Å². The summed E-state index contributed by atoms with van der Waals surface area (Å²) in [6.07, 6.45) is 1.54. The molecule has 66 heavy (non-hydrogen) atoms. The van der Waals surface area contributed by atoms with Gasteiger partial charge in [0.25, 0.3) is 0 Å². The zero-order valence-corrected chi connectivity index (χ0v) is 36.3. The number of carbonyl (C=O) groups is 4. The van der Waals surface area contributed by atoms with E-state index in [1.54, 1.807) is 103 Å². The summed E-state index contributed by atoms with van der Waals surface area (Å²) in [6, 6.07) is 40.2. The number of hydrogen-bond donors (Lipinski definition) is 0. The molecular weight excluding hydrogens is 889 g/mol. The highest BCUT2D eigenvalue weighted by Gasteiger charge is 2.60. The molecule has 0 atom stereocenters.